The number of aliphatic hydroxyl groups is 1. The third-order valence-electron chi connectivity index (χ3n) is 5.75. The standard InChI is InChI=1S/C24H24N2O5S/c1-4-31-16-7-5-15(6-8-16)24(28)14-32-23-20(13-25)18(12-22(27)26(23)24)19-11-17(29-2)9-10-21(19)30-3/h5-11,18,28H,4,12,14H2,1-3H3/t18-,24+/m0/s1. The number of methoxy groups -OCH3 is 2. The molecule has 0 radical (unpaired) electrons. The van der Waals surface area contributed by atoms with Gasteiger partial charge in [-0.15, -0.1) is 11.8 Å². The van der Waals surface area contributed by atoms with Crippen molar-refractivity contribution in [1.82, 2.24) is 4.90 Å². The summed E-state index contributed by atoms with van der Waals surface area (Å²) in [4.78, 5) is 14.7. The number of thioether (sulfide) groups is 1. The normalized spacial score (nSPS) is 22.4. The molecule has 0 bridgehead atoms. The zero-order valence-corrected chi connectivity index (χ0v) is 18.9. The van der Waals surface area contributed by atoms with Crippen molar-refractivity contribution in [2.45, 2.75) is 25.0 Å². The average Bonchev–Trinajstić information content (AvgIpc) is 3.18. The third kappa shape index (κ3) is 3.57. The minimum absolute atomic E-state index is 0.0375. The fraction of sp³-hybridized carbons (Fsp3) is 0.333. The molecule has 2 aliphatic rings. The SMILES string of the molecule is CCOc1ccc([C@]2(O)CSC3=C(C#N)[C@H](c4cc(OC)ccc4OC)CC(=O)N32)cc1. The molecule has 32 heavy (non-hydrogen) atoms. The van der Waals surface area contributed by atoms with Crippen LogP contribution in [-0.4, -0.2) is 42.5 Å². The first-order valence-electron chi connectivity index (χ1n) is 10.2. The van der Waals surface area contributed by atoms with Crippen molar-refractivity contribution >= 4 is 17.7 Å². The molecule has 7 nitrogen and oxygen atoms in total. The summed E-state index contributed by atoms with van der Waals surface area (Å²) in [6.07, 6.45) is 0.0375. The molecule has 1 N–H and O–H groups in total. The highest BCUT2D eigenvalue weighted by Gasteiger charge is 2.52. The molecule has 1 fully saturated rings. The number of nitriles is 1. The van der Waals surface area contributed by atoms with E-state index in [2.05, 4.69) is 6.07 Å². The summed E-state index contributed by atoms with van der Waals surface area (Å²) in [5.41, 5.74) is 0.184. The molecule has 0 aliphatic carbocycles. The fourth-order valence-electron chi connectivity index (χ4n) is 4.20. The quantitative estimate of drug-likeness (QED) is 0.714. The van der Waals surface area contributed by atoms with Crippen molar-refractivity contribution in [2.24, 2.45) is 0 Å². The maximum atomic E-state index is 13.3. The Morgan fingerprint density at radius 1 is 1.19 bits per heavy atom. The van der Waals surface area contributed by atoms with Gasteiger partial charge in [-0.2, -0.15) is 5.26 Å². The second-order valence-corrected chi connectivity index (χ2v) is 8.45. The third-order valence-corrected chi connectivity index (χ3v) is 6.97. The van der Waals surface area contributed by atoms with E-state index in [1.54, 1.807) is 56.7 Å². The van der Waals surface area contributed by atoms with Gasteiger partial charge in [-0.3, -0.25) is 9.69 Å². The van der Waals surface area contributed by atoms with E-state index in [9.17, 15) is 15.2 Å². The van der Waals surface area contributed by atoms with Crippen molar-refractivity contribution in [3.63, 3.8) is 0 Å². The molecule has 1 saturated heterocycles. The Bertz CT molecular complexity index is 1110. The molecule has 0 aromatic heterocycles. The molecular weight excluding hydrogens is 428 g/mol. The molecule has 0 saturated carbocycles. The molecule has 2 aromatic carbocycles. The monoisotopic (exact) mass is 452 g/mol. The van der Waals surface area contributed by atoms with E-state index >= 15 is 0 Å². The number of amides is 1. The topological polar surface area (TPSA) is 92.0 Å². The number of allylic oxidation sites excluding steroid dienone is 1. The van der Waals surface area contributed by atoms with E-state index in [0.29, 0.717) is 45.6 Å². The predicted octanol–water partition coefficient (Wildman–Crippen LogP) is 3.75. The number of nitrogens with zero attached hydrogens (tertiary/aromatic N) is 2. The summed E-state index contributed by atoms with van der Waals surface area (Å²) in [6.45, 7) is 2.44. The summed E-state index contributed by atoms with van der Waals surface area (Å²) >= 11 is 1.31. The molecule has 166 valence electrons. The van der Waals surface area contributed by atoms with E-state index in [1.807, 2.05) is 6.92 Å². The van der Waals surface area contributed by atoms with E-state index in [-0.39, 0.29) is 18.1 Å². The number of fused-ring (bicyclic) bond motifs is 1. The Morgan fingerprint density at radius 3 is 2.53 bits per heavy atom. The Hall–Kier alpha value is -3.15. The Kier molecular flexibility index (Phi) is 6.04. The van der Waals surface area contributed by atoms with Crippen LogP contribution in [-0.2, 0) is 10.5 Å². The second-order valence-electron chi connectivity index (χ2n) is 7.49. The van der Waals surface area contributed by atoms with Gasteiger partial charge >= 0.3 is 0 Å². The van der Waals surface area contributed by atoms with Crippen LogP contribution in [0, 0.1) is 11.3 Å². The Labute approximate surface area is 191 Å². The number of carbonyl (C=O) groups is 1. The molecule has 0 unspecified atom stereocenters. The molecule has 4 rings (SSSR count). The predicted molar refractivity (Wildman–Crippen MR) is 120 cm³/mol. The summed E-state index contributed by atoms with van der Waals surface area (Å²) in [7, 11) is 3.11. The molecule has 8 heteroatoms. The van der Waals surface area contributed by atoms with Crippen LogP contribution in [0.3, 0.4) is 0 Å². The van der Waals surface area contributed by atoms with E-state index < -0.39 is 11.6 Å². The maximum absolute atomic E-state index is 13.3. The number of hydrogen-bond donors (Lipinski definition) is 1. The first kappa shape index (κ1) is 22.1. The van der Waals surface area contributed by atoms with Crippen LogP contribution in [0.5, 0.6) is 17.2 Å². The van der Waals surface area contributed by atoms with E-state index in [0.717, 1.165) is 0 Å². The Balaban J connectivity index is 1.77. The zero-order valence-electron chi connectivity index (χ0n) is 18.1. The van der Waals surface area contributed by atoms with Gasteiger partial charge in [0.1, 0.15) is 17.2 Å². The highest BCUT2D eigenvalue weighted by atomic mass is 32.2. The summed E-state index contributed by atoms with van der Waals surface area (Å²) in [5, 5.41) is 22.1. The minimum atomic E-state index is -1.53. The van der Waals surface area contributed by atoms with Crippen LogP contribution in [0.2, 0.25) is 0 Å². The number of rotatable bonds is 6. The lowest BCUT2D eigenvalue weighted by Crippen LogP contribution is -2.48. The summed E-state index contributed by atoms with van der Waals surface area (Å²) in [6, 6.07) is 14.7. The largest absolute Gasteiger partial charge is 0.497 e. The van der Waals surface area contributed by atoms with Crippen molar-refractivity contribution < 1.29 is 24.1 Å². The lowest BCUT2D eigenvalue weighted by Gasteiger charge is -2.38. The van der Waals surface area contributed by atoms with Crippen LogP contribution in [0.4, 0.5) is 0 Å². The molecule has 2 atom stereocenters. The number of hydrogen-bond acceptors (Lipinski definition) is 7. The van der Waals surface area contributed by atoms with Crippen molar-refractivity contribution in [3.8, 4) is 23.3 Å². The zero-order chi connectivity index (χ0) is 22.9. The van der Waals surface area contributed by atoms with Gasteiger partial charge in [0, 0.05) is 23.5 Å². The molecule has 1 amide bonds. The molecule has 2 aliphatic heterocycles. The van der Waals surface area contributed by atoms with Gasteiger partial charge in [0.15, 0.2) is 5.72 Å². The Morgan fingerprint density at radius 2 is 1.91 bits per heavy atom. The van der Waals surface area contributed by atoms with Crippen molar-refractivity contribution in [2.75, 3.05) is 26.6 Å². The van der Waals surface area contributed by atoms with Crippen LogP contribution in [0.1, 0.15) is 30.4 Å². The van der Waals surface area contributed by atoms with Gasteiger partial charge in [0.25, 0.3) is 0 Å². The number of carbonyl (C=O) groups excluding carboxylic acids is 1. The highest BCUT2D eigenvalue weighted by molar-refractivity contribution is 8.03. The lowest BCUT2D eigenvalue weighted by molar-refractivity contribution is -0.149. The van der Waals surface area contributed by atoms with Crippen LogP contribution < -0.4 is 14.2 Å². The first-order valence-corrected chi connectivity index (χ1v) is 11.2. The highest BCUT2D eigenvalue weighted by Crippen LogP contribution is 2.52. The molecule has 2 heterocycles. The number of benzene rings is 2. The smallest absolute Gasteiger partial charge is 0.231 e. The molecular formula is C24H24N2O5S. The van der Waals surface area contributed by atoms with Gasteiger partial charge < -0.3 is 19.3 Å². The van der Waals surface area contributed by atoms with Crippen molar-refractivity contribution in [1.29, 1.82) is 5.26 Å². The fourth-order valence-corrected chi connectivity index (χ4v) is 5.56. The lowest BCUT2D eigenvalue weighted by atomic mass is 9.84. The summed E-state index contributed by atoms with van der Waals surface area (Å²) in [5.74, 6) is 1.37. The van der Waals surface area contributed by atoms with Gasteiger partial charge in [0.05, 0.1) is 43.3 Å². The van der Waals surface area contributed by atoms with Gasteiger partial charge in [-0.25, -0.2) is 0 Å². The maximum Gasteiger partial charge on any atom is 0.231 e. The first-order chi connectivity index (χ1) is 15.5. The minimum Gasteiger partial charge on any atom is -0.497 e. The van der Waals surface area contributed by atoms with Crippen molar-refractivity contribution in [3.05, 3.63) is 64.2 Å². The summed E-state index contributed by atoms with van der Waals surface area (Å²) < 4.78 is 16.3. The van der Waals surface area contributed by atoms with Gasteiger partial charge in [0.2, 0.25) is 5.91 Å². The average molecular weight is 453 g/mol. The van der Waals surface area contributed by atoms with Crippen LogP contribution in [0.25, 0.3) is 0 Å². The number of ether oxygens (including phenoxy) is 3. The second kappa shape index (κ2) is 8.77. The molecule has 0 spiro atoms. The van der Waals surface area contributed by atoms with Gasteiger partial charge in [-0.05, 0) is 37.3 Å². The van der Waals surface area contributed by atoms with Gasteiger partial charge in [-0.1, -0.05) is 12.1 Å². The molecule has 2 aromatic rings. The van der Waals surface area contributed by atoms with E-state index in [4.69, 9.17) is 14.2 Å². The van der Waals surface area contributed by atoms with Crippen LogP contribution >= 0.6 is 11.8 Å². The van der Waals surface area contributed by atoms with E-state index in [1.165, 1.54) is 16.7 Å². The van der Waals surface area contributed by atoms with Crippen LogP contribution in [0.15, 0.2) is 53.1 Å².